The van der Waals surface area contributed by atoms with Gasteiger partial charge in [0, 0.05) is 5.92 Å². The maximum Gasteiger partial charge on any atom is 0.0942 e. The minimum atomic E-state index is 0.136. The molecule has 120 valence electrons. The van der Waals surface area contributed by atoms with Gasteiger partial charge in [0.2, 0.25) is 0 Å². The molecule has 1 saturated carbocycles. The topological polar surface area (TPSA) is 12.5 Å². The molecular formula is C21H30O. The molecule has 3 rings (SSSR count). The Balaban J connectivity index is 1.73. The molecule has 0 spiro atoms. The summed E-state index contributed by atoms with van der Waals surface area (Å²) in [5, 5.41) is 0. The molecule has 0 aromatic heterocycles. The highest BCUT2D eigenvalue weighted by Crippen LogP contribution is 2.57. The van der Waals surface area contributed by atoms with E-state index in [1.165, 1.54) is 43.2 Å². The van der Waals surface area contributed by atoms with Crippen LogP contribution in [0.1, 0.15) is 76.8 Å². The van der Waals surface area contributed by atoms with Crippen LogP contribution >= 0.6 is 0 Å². The Morgan fingerprint density at radius 1 is 1.27 bits per heavy atom. The minimum Gasteiger partial charge on any atom is -0.366 e. The van der Waals surface area contributed by atoms with Gasteiger partial charge in [-0.25, -0.2) is 0 Å². The Bertz CT molecular complexity index is 489. The van der Waals surface area contributed by atoms with Crippen molar-refractivity contribution in [3.63, 3.8) is 0 Å². The molecule has 22 heavy (non-hydrogen) atoms. The number of rotatable bonds is 6. The predicted molar refractivity (Wildman–Crippen MR) is 90.9 cm³/mol. The van der Waals surface area contributed by atoms with Gasteiger partial charge < -0.3 is 4.74 Å². The highest BCUT2D eigenvalue weighted by molar-refractivity contribution is 5.29. The van der Waals surface area contributed by atoms with E-state index >= 15 is 0 Å². The molecule has 2 fully saturated rings. The normalized spacial score (nSPS) is 33.8. The molecule has 1 aliphatic heterocycles. The van der Waals surface area contributed by atoms with Gasteiger partial charge in [0.15, 0.2) is 0 Å². The molecule has 1 saturated heterocycles. The lowest BCUT2D eigenvalue weighted by atomic mass is 9.67. The standard InChI is InChI=1S/C21H30O/c1-5-6-7-8-16-9-11-17(12-10-16)19-18(15(2)3)13-14-21(4)20(19)22-21/h9-10,15,18-20H,5-8,13-14H2,1-4H3. The summed E-state index contributed by atoms with van der Waals surface area (Å²) in [4.78, 5) is 0. The monoisotopic (exact) mass is 298 g/mol. The third-order valence-corrected chi connectivity index (χ3v) is 5.79. The minimum absolute atomic E-state index is 0.136. The van der Waals surface area contributed by atoms with Crippen molar-refractivity contribution >= 4 is 0 Å². The molecule has 4 atom stereocenters. The van der Waals surface area contributed by atoms with Crippen LogP contribution in [0.3, 0.4) is 0 Å². The fourth-order valence-electron chi connectivity index (χ4n) is 4.22. The number of fused-ring (bicyclic) bond motifs is 1. The van der Waals surface area contributed by atoms with E-state index in [1.807, 2.05) is 0 Å². The van der Waals surface area contributed by atoms with Crippen LogP contribution in [0, 0.1) is 24.0 Å². The fraction of sp³-hybridized carbons (Fsp3) is 0.714. The first kappa shape index (κ1) is 16.1. The van der Waals surface area contributed by atoms with Gasteiger partial charge in [-0.2, -0.15) is 0 Å². The molecule has 0 N–H and O–H groups in total. The van der Waals surface area contributed by atoms with Gasteiger partial charge in [0.25, 0.3) is 0 Å². The quantitative estimate of drug-likeness (QED) is 0.511. The Kier molecular flexibility index (Phi) is 4.64. The van der Waals surface area contributed by atoms with E-state index in [4.69, 9.17) is 4.74 Å². The van der Waals surface area contributed by atoms with Crippen LogP contribution < -0.4 is 0 Å². The summed E-state index contributed by atoms with van der Waals surface area (Å²) in [5.41, 5.74) is 2.78. The van der Waals surface area contributed by atoms with Crippen molar-refractivity contribution in [3.8, 4) is 0 Å². The second kappa shape index (κ2) is 6.35. The number of hydrogen-bond acceptors (Lipinski definition) is 1. The van der Waals surface area contributed by atoms with Gasteiger partial charge in [-0.15, -0.1) is 0 Å². The van der Waals surface area contributed by atoms with Crippen LogP contribution in [0.4, 0.5) is 0 Å². The molecule has 1 aliphatic carbocycles. The van der Waals surface area contributed by atoms with Gasteiger partial charge in [0.05, 0.1) is 11.7 Å². The van der Waals surface area contributed by atoms with Gasteiger partial charge in [-0.05, 0) is 67.7 Å². The first-order valence-electron chi connectivity index (χ1n) is 9.15. The van der Waals surface area contributed by atoms with Crippen molar-refractivity contribution in [2.75, 3.05) is 0 Å². The number of hydrogen-bond donors (Lipinski definition) is 0. The van der Waals surface area contributed by atoms with Crippen LogP contribution in [0.5, 0.6) is 0 Å². The molecule has 0 amide bonds. The first-order valence-corrected chi connectivity index (χ1v) is 9.15. The maximum absolute atomic E-state index is 6.08. The molecule has 1 aromatic carbocycles. The molecular weight excluding hydrogens is 268 g/mol. The van der Waals surface area contributed by atoms with Crippen molar-refractivity contribution in [3.05, 3.63) is 35.4 Å². The predicted octanol–water partition coefficient (Wildman–Crippen LogP) is 5.33. The lowest BCUT2D eigenvalue weighted by Gasteiger charge is -2.34. The zero-order valence-corrected chi connectivity index (χ0v) is 14.6. The van der Waals surface area contributed by atoms with Crippen molar-refractivity contribution in [1.82, 2.24) is 0 Å². The SMILES string of the molecule is CCCCCc1c[c]c(C2C(C(C)C)CCC3(C)OC23)[c]c1. The second-order valence-electron chi connectivity index (χ2n) is 7.85. The van der Waals surface area contributed by atoms with Crippen LogP contribution in [0.2, 0.25) is 0 Å². The van der Waals surface area contributed by atoms with Gasteiger partial charge >= 0.3 is 0 Å². The first-order chi connectivity index (χ1) is 10.5. The summed E-state index contributed by atoms with van der Waals surface area (Å²) in [7, 11) is 0. The summed E-state index contributed by atoms with van der Waals surface area (Å²) >= 11 is 0. The van der Waals surface area contributed by atoms with E-state index in [0.717, 1.165) is 6.42 Å². The molecule has 1 nitrogen and oxygen atoms in total. The molecule has 1 heterocycles. The number of ether oxygens (including phenoxy) is 1. The largest absolute Gasteiger partial charge is 0.366 e. The van der Waals surface area contributed by atoms with Gasteiger partial charge in [-0.1, -0.05) is 45.7 Å². The van der Waals surface area contributed by atoms with E-state index in [2.05, 4.69) is 52.0 Å². The molecule has 2 radical (unpaired) electrons. The average Bonchev–Trinajstić information content (AvgIpc) is 3.19. The van der Waals surface area contributed by atoms with Crippen molar-refractivity contribution in [1.29, 1.82) is 0 Å². The van der Waals surface area contributed by atoms with Crippen LogP contribution in [0.25, 0.3) is 0 Å². The summed E-state index contributed by atoms with van der Waals surface area (Å²) in [5.74, 6) is 1.90. The molecule has 2 aliphatic rings. The maximum atomic E-state index is 6.08. The Morgan fingerprint density at radius 2 is 2.00 bits per heavy atom. The third-order valence-electron chi connectivity index (χ3n) is 5.79. The number of epoxide rings is 1. The molecule has 1 heteroatoms. The number of unbranched alkanes of at least 4 members (excludes halogenated alkanes) is 2. The van der Waals surface area contributed by atoms with Crippen molar-refractivity contribution in [2.45, 2.75) is 83.8 Å². The Hall–Kier alpha value is -0.820. The van der Waals surface area contributed by atoms with Crippen LogP contribution in [0.15, 0.2) is 12.1 Å². The Labute approximate surface area is 136 Å². The Morgan fingerprint density at radius 3 is 2.64 bits per heavy atom. The average molecular weight is 298 g/mol. The highest BCUT2D eigenvalue weighted by atomic mass is 16.6. The number of aryl methyl sites for hydroxylation is 1. The van der Waals surface area contributed by atoms with Crippen molar-refractivity contribution < 1.29 is 4.74 Å². The summed E-state index contributed by atoms with van der Waals surface area (Å²) < 4.78 is 6.08. The van der Waals surface area contributed by atoms with E-state index in [-0.39, 0.29) is 5.60 Å². The number of benzene rings is 1. The lowest BCUT2D eigenvalue weighted by Crippen LogP contribution is -2.32. The van der Waals surface area contributed by atoms with Gasteiger partial charge in [-0.3, -0.25) is 0 Å². The third kappa shape index (κ3) is 3.11. The van der Waals surface area contributed by atoms with E-state index < -0.39 is 0 Å². The summed E-state index contributed by atoms with van der Waals surface area (Å²) in [6.07, 6.45) is 7.92. The lowest BCUT2D eigenvalue weighted by molar-refractivity contribution is 0.241. The van der Waals surface area contributed by atoms with Gasteiger partial charge in [0.1, 0.15) is 0 Å². The molecule has 4 unspecified atom stereocenters. The second-order valence-corrected chi connectivity index (χ2v) is 7.85. The van der Waals surface area contributed by atoms with Crippen LogP contribution in [-0.4, -0.2) is 11.7 Å². The summed E-state index contributed by atoms with van der Waals surface area (Å²) in [6, 6.07) is 11.5. The smallest absolute Gasteiger partial charge is 0.0942 e. The molecule has 0 bridgehead atoms. The van der Waals surface area contributed by atoms with E-state index in [0.29, 0.717) is 23.9 Å². The van der Waals surface area contributed by atoms with Crippen molar-refractivity contribution in [2.24, 2.45) is 11.8 Å². The molecule has 1 aromatic rings. The highest BCUT2D eigenvalue weighted by Gasteiger charge is 2.61. The summed E-state index contributed by atoms with van der Waals surface area (Å²) in [6.45, 7) is 9.23. The fourth-order valence-corrected chi connectivity index (χ4v) is 4.22. The van der Waals surface area contributed by atoms with E-state index in [9.17, 15) is 0 Å². The zero-order valence-electron chi connectivity index (χ0n) is 14.6. The van der Waals surface area contributed by atoms with E-state index in [1.54, 1.807) is 0 Å². The van der Waals surface area contributed by atoms with Crippen LogP contribution in [-0.2, 0) is 11.2 Å². The zero-order chi connectivity index (χ0) is 15.7.